The number of anilines is 1. The topological polar surface area (TPSA) is 46.1 Å². The van der Waals surface area contributed by atoms with E-state index in [-0.39, 0.29) is 11.3 Å². The molecule has 0 spiro atoms. The summed E-state index contributed by atoms with van der Waals surface area (Å²) >= 11 is 1.64. The molecule has 1 aromatic carbocycles. The molecule has 0 aliphatic carbocycles. The van der Waals surface area contributed by atoms with E-state index in [4.69, 9.17) is 4.98 Å². The molecule has 1 amide bonds. The Kier molecular flexibility index (Phi) is 4.56. The molecule has 3 heterocycles. The average molecular weight is 378 g/mol. The Labute approximate surface area is 163 Å². The first-order valence-corrected chi connectivity index (χ1v) is 10.2. The third kappa shape index (κ3) is 3.28. The summed E-state index contributed by atoms with van der Waals surface area (Å²) in [5, 5.41) is 3.09. The number of hydrogen-bond acceptors (Lipinski definition) is 4. The molecule has 27 heavy (non-hydrogen) atoms. The number of aromatic nitrogens is 2. The van der Waals surface area contributed by atoms with E-state index in [9.17, 15) is 4.79 Å². The van der Waals surface area contributed by atoms with Gasteiger partial charge in [-0.05, 0) is 48.6 Å². The van der Waals surface area contributed by atoms with Gasteiger partial charge in [-0.1, -0.05) is 19.9 Å². The minimum atomic E-state index is -0.0468. The molecule has 0 bridgehead atoms. The first-order valence-electron chi connectivity index (χ1n) is 9.31. The summed E-state index contributed by atoms with van der Waals surface area (Å²) in [6.07, 6.45) is 5.03. The number of benzene rings is 1. The predicted molar refractivity (Wildman–Crippen MR) is 111 cm³/mol. The Morgan fingerprint density at radius 1 is 1.15 bits per heavy atom. The number of pyridine rings is 1. The Balaban J connectivity index is 1.78. The van der Waals surface area contributed by atoms with Gasteiger partial charge in [0.2, 0.25) is 5.91 Å². The molecule has 1 aliphatic rings. The van der Waals surface area contributed by atoms with Crippen LogP contribution in [0.3, 0.4) is 0 Å². The average Bonchev–Trinajstić information content (AvgIpc) is 3.15. The second-order valence-electron chi connectivity index (χ2n) is 7.53. The molecule has 3 aromatic rings. The van der Waals surface area contributed by atoms with Crippen LogP contribution in [0.25, 0.3) is 21.8 Å². The van der Waals surface area contributed by atoms with Gasteiger partial charge in [0, 0.05) is 47.6 Å². The maximum absolute atomic E-state index is 12.5. The summed E-state index contributed by atoms with van der Waals surface area (Å²) < 4.78 is 0. The molecule has 0 fully saturated rings. The molecule has 0 radical (unpaired) electrons. The van der Waals surface area contributed by atoms with Gasteiger partial charge in [-0.2, -0.15) is 0 Å². The summed E-state index contributed by atoms with van der Waals surface area (Å²) in [7, 11) is 0. The van der Waals surface area contributed by atoms with E-state index in [1.807, 2.05) is 24.0 Å². The maximum atomic E-state index is 12.5. The fourth-order valence-corrected chi connectivity index (χ4v) is 4.51. The van der Waals surface area contributed by atoms with Gasteiger partial charge in [0.15, 0.2) is 0 Å². The summed E-state index contributed by atoms with van der Waals surface area (Å²) in [6, 6.07) is 10.4. The van der Waals surface area contributed by atoms with Crippen LogP contribution in [0.5, 0.6) is 0 Å². The van der Waals surface area contributed by atoms with Crippen molar-refractivity contribution in [3.05, 3.63) is 53.7 Å². The standard InChI is InChI=1S/C22H23N3OS/c1-4-25-19-6-5-16(13-17(19)22(2,3)10-7-20(25)26)18-14-27-21(24-18)15-8-11-23-12-9-15/h5-6,8-9,11-14H,4,7,10H2,1-3H3. The lowest BCUT2D eigenvalue weighted by Gasteiger charge is -2.27. The normalized spacial score (nSPS) is 16.1. The van der Waals surface area contributed by atoms with Crippen LogP contribution < -0.4 is 4.90 Å². The lowest BCUT2D eigenvalue weighted by atomic mass is 9.79. The number of nitrogens with zero attached hydrogens (tertiary/aromatic N) is 3. The number of amides is 1. The van der Waals surface area contributed by atoms with Gasteiger partial charge < -0.3 is 4.90 Å². The minimum absolute atomic E-state index is 0.0468. The monoisotopic (exact) mass is 377 g/mol. The van der Waals surface area contributed by atoms with Crippen LogP contribution >= 0.6 is 11.3 Å². The molecule has 4 rings (SSSR count). The van der Waals surface area contributed by atoms with E-state index < -0.39 is 0 Å². The van der Waals surface area contributed by atoms with Crippen molar-refractivity contribution in [1.82, 2.24) is 9.97 Å². The van der Waals surface area contributed by atoms with Crippen molar-refractivity contribution in [2.45, 2.75) is 39.0 Å². The zero-order valence-corrected chi connectivity index (χ0v) is 16.7. The van der Waals surface area contributed by atoms with Gasteiger partial charge in [-0.15, -0.1) is 11.3 Å². The molecular weight excluding hydrogens is 354 g/mol. The van der Waals surface area contributed by atoms with Crippen LogP contribution in [-0.2, 0) is 10.2 Å². The van der Waals surface area contributed by atoms with Crippen LogP contribution in [0.15, 0.2) is 48.1 Å². The highest BCUT2D eigenvalue weighted by Gasteiger charge is 2.32. The van der Waals surface area contributed by atoms with E-state index in [0.717, 1.165) is 33.9 Å². The molecule has 0 saturated carbocycles. The van der Waals surface area contributed by atoms with Crippen LogP contribution in [0.1, 0.15) is 39.2 Å². The van der Waals surface area contributed by atoms with Gasteiger partial charge in [0.1, 0.15) is 5.01 Å². The Morgan fingerprint density at radius 2 is 1.93 bits per heavy atom. The maximum Gasteiger partial charge on any atom is 0.227 e. The van der Waals surface area contributed by atoms with E-state index in [1.165, 1.54) is 5.56 Å². The van der Waals surface area contributed by atoms with Crippen molar-refractivity contribution in [3.8, 4) is 21.8 Å². The highest BCUT2D eigenvalue weighted by Crippen LogP contribution is 2.41. The highest BCUT2D eigenvalue weighted by atomic mass is 32.1. The molecule has 4 nitrogen and oxygen atoms in total. The van der Waals surface area contributed by atoms with Gasteiger partial charge in [-0.25, -0.2) is 4.98 Å². The second kappa shape index (κ2) is 6.89. The lowest BCUT2D eigenvalue weighted by molar-refractivity contribution is -0.118. The molecule has 2 aromatic heterocycles. The number of carbonyl (C=O) groups is 1. The molecule has 1 aliphatic heterocycles. The summed E-state index contributed by atoms with van der Waals surface area (Å²) in [5.74, 6) is 0.214. The SMILES string of the molecule is CCN1C(=O)CCC(C)(C)c2cc(-c3csc(-c4ccncc4)n3)ccc21. The quantitative estimate of drug-likeness (QED) is 0.622. The molecule has 0 N–H and O–H groups in total. The summed E-state index contributed by atoms with van der Waals surface area (Å²) in [5.41, 5.74) is 5.38. The molecular formula is C22H23N3OS. The zero-order valence-electron chi connectivity index (χ0n) is 15.9. The molecule has 138 valence electrons. The molecule has 0 atom stereocenters. The first kappa shape index (κ1) is 17.9. The summed E-state index contributed by atoms with van der Waals surface area (Å²) in [6.45, 7) is 7.19. The van der Waals surface area contributed by atoms with E-state index in [0.29, 0.717) is 13.0 Å². The second-order valence-corrected chi connectivity index (χ2v) is 8.39. The van der Waals surface area contributed by atoms with Gasteiger partial charge in [0.25, 0.3) is 0 Å². The van der Waals surface area contributed by atoms with Crippen LogP contribution in [-0.4, -0.2) is 22.4 Å². The number of thiazole rings is 1. The van der Waals surface area contributed by atoms with Crippen molar-refractivity contribution >= 4 is 22.9 Å². The Morgan fingerprint density at radius 3 is 2.67 bits per heavy atom. The highest BCUT2D eigenvalue weighted by molar-refractivity contribution is 7.13. The smallest absolute Gasteiger partial charge is 0.227 e. The third-order valence-corrected chi connectivity index (χ3v) is 6.22. The summed E-state index contributed by atoms with van der Waals surface area (Å²) in [4.78, 5) is 23.3. The number of rotatable bonds is 3. The molecule has 5 heteroatoms. The van der Waals surface area contributed by atoms with Crippen molar-refractivity contribution < 1.29 is 4.79 Å². The number of hydrogen-bond donors (Lipinski definition) is 0. The number of fused-ring (bicyclic) bond motifs is 1. The van der Waals surface area contributed by atoms with Gasteiger partial charge >= 0.3 is 0 Å². The minimum Gasteiger partial charge on any atom is -0.312 e. The van der Waals surface area contributed by atoms with Crippen molar-refractivity contribution in [3.63, 3.8) is 0 Å². The molecule has 0 unspecified atom stereocenters. The van der Waals surface area contributed by atoms with Gasteiger partial charge in [-0.3, -0.25) is 9.78 Å². The lowest BCUT2D eigenvalue weighted by Crippen LogP contribution is -2.29. The number of carbonyl (C=O) groups excluding carboxylic acids is 1. The van der Waals surface area contributed by atoms with E-state index in [2.05, 4.69) is 42.4 Å². The fraction of sp³-hybridized carbons (Fsp3) is 0.318. The van der Waals surface area contributed by atoms with E-state index >= 15 is 0 Å². The van der Waals surface area contributed by atoms with Gasteiger partial charge in [0.05, 0.1) is 5.69 Å². The van der Waals surface area contributed by atoms with E-state index in [1.54, 1.807) is 23.7 Å². The van der Waals surface area contributed by atoms with Crippen molar-refractivity contribution in [2.75, 3.05) is 11.4 Å². The third-order valence-electron chi connectivity index (χ3n) is 5.32. The predicted octanol–water partition coefficient (Wildman–Crippen LogP) is 5.30. The largest absolute Gasteiger partial charge is 0.312 e. The molecule has 0 saturated heterocycles. The zero-order chi connectivity index (χ0) is 19.0. The van der Waals surface area contributed by atoms with Crippen molar-refractivity contribution in [2.24, 2.45) is 0 Å². The fourth-order valence-electron chi connectivity index (χ4n) is 3.68. The Hall–Kier alpha value is -2.53. The van der Waals surface area contributed by atoms with Crippen molar-refractivity contribution in [1.29, 1.82) is 0 Å². The Bertz CT molecular complexity index is 978. The first-order chi connectivity index (χ1) is 13.0. The van der Waals surface area contributed by atoms with Crippen LogP contribution in [0, 0.1) is 0 Å². The van der Waals surface area contributed by atoms with Crippen LogP contribution in [0.4, 0.5) is 5.69 Å². The van der Waals surface area contributed by atoms with Crippen LogP contribution in [0.2, 0.25) is 0 Å².